The van der Waals surface area contributed by atoms with Gasteiger partial charge in [0.2, 0.25) is 0 Å². The Labute approximate surface area is 80.7 Å². The molecule has 0 radical (unpaired) electrons. The van der Waals surface area contributed by atoms with Crippen LogP contribution in [0, 0.1) is 0 Å². The van der Waals surface area contributed by atoms with Crippen molar-refractivity contribution < 1.29 is 0 Å². The quantitative estimate of drug-likeness (QED) is 0.604. The van der Waals surface area contributed by atoms with Crippen molar-refractivity contribution in [3.63, 3.8) is 0 Å². The Balaban J connectivity index is 2.50. The number of hydrogen-bond donors (Lipinski definition) is 1. The van der Waals surface area contributed by atoms with Crippen LogP contribution in [0.25, 0.3) is 0 Å². The minimum absolute atomic E-state index is 1.25. The smallest absolute Gasteiger partial charge is 0.0560 e. The van der Waals surface area contributed by atoms with Crippen LogP contribution in [-0.4, -0.2) is 0 Å². The van der Waals surface area contributed by atoms with Gasteiger partial charge in [-0.25, -0.2) is 0 Å². The van der Waals surface area contributed by atoms with Crippen LogP contribution in [0.2, 0.25) is 0 Å². The van der Waals surface area contributed by atoms with Crippen molar-refractivity contribution >= 4 is 28.6 Å². The molecule has 0 atom stereocenters. The molecule has 11 heavy (non-hydrogen) atoms. The van der Waals surface area contributed by atoms with E-state index in [1.165, 1.54) is 36.1 Å². The molecule has 0 aromatic heterocycles. The molecule has 1 N–H and O–H groups in total. The summed E-state index contributed by atoms with van der Waals surface area (Å²) in [7, 11) is 0. The van der Waals surface area contributed by atoms with Crippen molar-refractivity contribution in [3.8, 4) is 0 Å². The van der Waals surface area contributed by atoms with Crippen molar-refractivity contribution in [2.24, 2.45) is 0 Å². The van der Waals surface area contributed by atoms with Crippen molar-refractivity contribution in [2.75, 3.05) is 3.53 Å². The Kier molecular flexibility index (Phi) is 2.02. The third kappa shape index (κ3) is 1.24. The Hall–Kier alpha value is -0.250. The van der Waals surface area contributed by atoms with E-state index in [0.717, 1.165) is 0 Å². The van der Waals surface area contributed by atoms with Crippen molar-refractivity contribution in [1.82, 2.24) is 0 Å². The van der Waals surface area contributed by atoms with E-state index in [1.807, 2.05) is 0 Å². The molecular formula is C9H10IN. The molecule has 1 aliphatic carbocycles. The highest BCUT2D eigenvalue weighted by atomic mass is 127. The lowest BCUT2D eigenvalue weighted by Crippen LogP contribution is -1.88. The third-order valence-corrected chi connectivity index (χ3v) is 2.83. The molecule has 0 bridgehead atoms. The van der Waals surface area contributed by atoms with E-state index in [4.69, 9.17) is 0 Å². The van der Waals surface area contributed by atoms with E-state index in [-0.39, 0.29) is 0 Å². The van der Waals surface area contributed by atoms with Crippen molar-refractivity contribution in [3.05, 3.63) is 29.3 Å². The first-order valence-corrected chi connectivity index (χ1v) is 4.97. The van der Waals surface area contributed by atoms with E-state index < -0.39 is 0 Å². The van der Waals surface area contributed by atoms with Gasteiger partial charge in [0, 0.05) is 5.69 Å². The van der Waals surface area contributed by atoms with Gasteiger partial charge in [-0.2, -0.15) is 0 Å². The number of anilines is 1. The van der Waals surface area contributed by atoms with Crippen LogP contribution < -0.4 is 3.53 Å². The maximum Gasteiger partial charge on any atom is 0.0560 e. The van der Waals surface area contributed by atoms with E-state index >= 15 is 0 Å². The lowest BCUT2D eigenvalue weighted by molar-refractivity contribution is 0.912. The zero-order valence-corrected chi connectivity index (χ0v) is 8.39. The normalized spacial score (nSPS) is 14.6. The van der Waals surface area contributed by atoms with Crippen LogP contribution in [0.5, 0.6) is 0 Å². The largest absolute Gasteiger partial charge is 0.328 e. The van der Waals surface area contributed by atoms with Gasteiger partial charge in [0.15, 0.2) is 0 Å². The summed E-state index contributed by atoms with van der Waals surface area (Å²) < 4.78 is 3.20. The molecule has 1 nitrogen and oxygen atoms in total. The second-order valence-electron chi connectivity index (χ2n) is 2.89. The van der Waals surface area contributed by atoms with E-state index in [9.17, 15) is 0 Å². The number of aryl methyl sites for hydroxylation is 1. The molecule has 1 aromatic rings. The first kappa shape index (κ1) is 7.40. The Morgan fingerprint density at radius 1 is 1.27 bits per heavy atom. The highest BCUT2D eigenvalue weighted by Gasteiger charge is 2.12. The minimum atomic E-state index is 1.25. The van der Waals surface area contributed by atoms with Gasteiger partial charge in [0.05, 0.1) is 22.9 Å². The Morgan fingerprint density at radius 3 is 3.00 bits per heavy atom. The second-order valence-corrected chi connectivity index (χ2v) is 3.43. The van der Waals surface area contributed by atoms with Crippen LogP contribution >= 0.6 is 22.9 Å². The number of nitrogens with one attached hydrogen (secondary N) is 1. The first-order valence-electron chi connectivity index (χ1n) is 3.89. The summed E-state index contributed by atoms with van der Waals surface area (Å²) in [5.41, 5.74) is 4.37. The maximum absolute atomic E-state index is 3.20. The zero-order valence-electron chi connectivity index (χ0n) is 6.23. The number of fused-ring (bicyclic) bond motifs is 1. The summed E-state index contributed by atoms with van der Waals surface area (Å²) in [5.74, 6) is 0. The fourth-order valence-electron chi connectivity index (χ4n) is 1.71. The third-order valence-electron chi connectivity index (χ3n) is 2.25. The summed E-state index contributed by atoms with van der Waals surface area (Å²) in [6, 6.07) is 6.52. The molecule has 0 fully saturated rings. The highest BCUT2D eigenvalue weighted by Crippen LogP contribution is 2.29. The standard InChI is InChI=1S/C9H10IN/c10-11-9-6-2-4-7-3-1-5-8(7)9/h2,4,6,11H,1,3,5H2. The topological polar surface area (TPSA) is 12.0 Å². The Bertz CT molecular complexity index is 270. The Morgan fingerprint density at radius 2 is 2.18 bits per heavy atom. The lowest BCUT2D eigenvalue weighted by atomic mass is 10.1. The molecule has 0 spiro atoms. The predicted octanol–water partition coefficient (Wildman–Crippen LogP) is 2.94. The number of rotatable bonds is 1. The van der Waals surface area contributed by atoms with Crippen LogP contribution in [0.15, 0.2) is 18.2 Å². The lowest BCUT2D eigenvalue weighted by Gasteiger charge is -2.04. The molecule has 1 aromatic carbocycles. The minimum Gasteiger partial charge on any atom is -0.328 e. The van der Waals surface area contributed by atoms with Gasteiger partial charge in [-0.3, -0.25) is 0 Å². The summed E-state index contributed by atoms with van der Waals surface area (Å²) >= 11 is 2.20. The zero-order chi connectivity index (χ0) is 7.68. The van der Waals surface area contributed by atoms with E-state index in [2.05, 4.69) is 44.6 Å². The summed E-state index contributed by atoms with van der Waals surface area (Å²) in [4.78, 5) is 0. The second kappa shape index (κ2) is 3.01. The van der Waals surface area contributed by atoms with Crippen LogP contribution in [0.3, 0.4) is 0 Å². The monoisotopic (exact) mass is 259 g/mol. The van der Waals surface area contributed by atoms with Crippen LogP contribution in [-0.2, 0) is 12.8 Å². The van der Waals surface area contributed by atoms with Gasteiger partial charge < -0.3 is 3.53 Å². The van der Waals surface area contributed by atoms with Crippen LogP contribution in [0.1, 0.15) is 17.5 Å². The average Bonchev–Trinajstić information content (AvgIpc) is 2.50. The fraction of sp³-hybridized carbons (Fsp3) is 0.333. The maximum atomic E-state index is 3.20. The molecule has 0 saturated heterocycles. The molecule has 0 saturated carbocycles. The molecule has 58 valence electrons. The SMILES string of the molecule is INc1cccc2c1CCC2. The van der Waals surface area contributed by atoms with Crippen LogP contribution in [0.4, 0.5) is 5.69 Å². The van der Waals surface area contributed by atoms with Crippen molar-refractivity contribution in [1.29, 1.82) is 0 Å². The average molecular weight is 259 g/mol. The molecule has 0 amide bonds. The first-order chi connectivity index (χ1) is 5.42. The van der Waals surface area contributed by atoms with Gasteiger partial charge in [-0.05, 0) is 36.5 Å². The summed E-state index contributed by atoms with van der Waals surface area (Å²) in [6.45, 7) is 0. The molecule has 2 rings (SSSR count). The van der Waals surface area contributed by atoms with Gasteiger partial charge in [0.1, 0.15) is 0 Å². The van der Waals surface area contributed by atoms with E-state index in [1.54, 1.807) is 0 Å². The summed E-state index contributed by atoms with van der Waals surface area (Å²) in [5, 5.41) is 0. The molecule has 0 unspecified atom stereocenters. The molecular weight excluding hydrogens is 249 g/mol. The highest BCUT2D eigenvalue weighted by molar-refractivity contribution is 14.1. The molecule has 0 aliphatic heterocycles. The predicted molar refractivity (Wildman–Crippen MR) is 56.1 cm³/mol. The van der Waals surface area contributed by atoms with E-state index in [0.29, 0.717) is 0 Å². The number of hydrogen-bond acceptors (Lipinski definition) is 1. The molecule has 0 heterocycles. The molecule has 2 heteroatoms. The summed E-state index contributed by atoms with van der Waals surface area (Å²) in [6.07, 6.45) is 3.84. The van der Waals surface area contributed by atoms with Gasteiger partial charge >= 0.3 is 0 Å². The molecule has 1 aliphatic rings. The number of halogens is 1. The van der Waals surface area contributed by atoms with Gasteiger partial charge in [-0.15, -0.1) is 0 Å². The fourth-order valence-corrected chi connectivity index (χ4v) is 2.21. The number of benzene rings is 1. The van der Waals surface area contributed by atoms with Gasteiger partial charge in [-0.1, -0.05) is 12.1 Å². The van der Waals surface area contributed by atoms with Crippen molar-refractivity contribution in [2.45, 2.75) is 19.3 Å². The van der Waals surface area contributed by atoms with Gasteiger partial charge in [0.25, 0.3) is 0 Å².